The molecule has 0 heterocycles. The van der Waals surface area contributed by atoms with Gasteiger partial charge < -0.3 is 22.9 Å². The Morgan fingerprint density at radius 1 is 0.722 bits per heavy atom. The summed E-state index contributed by atoms with van der Waals surface area (Å²) in [5.74, 6) is -0.266. The monoisotopic (exact) mass is 242 g/mol. The average molecular weight is 242 g/mol. The van der Waals surface area contributed by atoms with E-state index in [1.165, 1.54) is 12.1 Å². The fraction of sp³-hybridized carbons (Fsp3) is 0. The standard InChI is InChI=1S/C13H14N4O/c14-7-2-4-11(16)10(5-7)13(18)9-3-1-8(15)6-12(9)17/h1-6H,14-17H2. The molecule has 0 bridgehead atoms. The van der Waals surface area contributed by atoms with E-state index in [0.29, 0.717) is 33.9 Å². The molecule has 8 N–H and O–H groups in total. The Labute approximate surface area is 104 Å². The molecule has 0 radical (unpaired) electrons. The Kier molecular flexibility index (Phi) is 2.81. The SMILES string of the molecule is Nc1ccc(C(=O)c2cc(N)ccc2N)c(N)c1. The van der Waals surface area contributed by atoms with E-state index >= 15 is 0 Å². The van der Waals surface area contributed by atoms with Crippen molar-refractivity contribution in [2.24, 2.45) is 0 Å². The van der Waals surface area contributed by atoms with Crippen LogP contribution in [0.15, 0.2) is 36.4 Å². The van der Waals surface area contributed by atoms with E-state index in [-0.39, 0.29) is 5.78 Å². The van der Waals surface area contributed by atoms with Crippen molar-refractivity contribution >= 4 is 28.5 Å². The minimum Gasteiger partial charge on any atom is -0.399 e. The van der Waals surface area contributed by atoms with E-state index in [9.17, 15) is 4.79 Å². The summed E-state index contributed by atoms with van der Waals surface area (Å²) in [5, 5.41) is 0. The van der Waals surface area contributed by atoms with Crippen LogP contribution in [0.3, 0.4) is 0 Å². The van der Waals surface area contributed by atoms with E-state index in [1.807, 2.05) is 0 Å². The molecule has 0 fully saturated rings. The molecule has 0 saturated carbocycles. The number of nitrogens with two attached hydrogens (primary N) is 4. The van der Waals surface area contributed by atoms with Crippen LogP contribution in [-0.4, -0.2) is 5.78 Å². The van der Waals surface area contributed by atoms with Crippen LogP contribution in [0.1, 0.15) is 15.9 Å². The van der Waals surface area contributed by atoms with Gasteiger partial charge >= 0.3 is 0 Å². The van der Waals surface area contributed by atoms with E-state index in [4.69, 9.17) is 22.9 Å². The Morgan fingerprint density at radius 2 is 1.33 bits per heavy atom. The van der Waals surface area contributed by atoms with Crippen molar-refractivity contribution in [3.8, 4) is 0 Å². The van der Waals surface area contributed by atoms with Gasteiger partial charge in [0.15, 0.2) is 5.78 Å². The second-order valence-electron chi connectivity index (χ2n) is 4.02. The maximum absolute atomic E-state index is 12.3. The molecule has 0 aliphatic carbocycles. The fourth-order valence-electron chi connectivity index (χ4n) is 1.70. The number of hydrogen-bond acceptors (Lipinski definition) is 5. The smallest absolute Gasteiger partial charge is 0.197 e. The third-order valence-electron chi connectivity index (χ3n) is 2.64. The Bertz CT molecular complexity index is 622. The molecular formula is C13H14N4O. The summed E-state index contributed by atoms with van der Waals surface area (Å²) in [6, 6.07) is 9.50. The molecule has 0 aromatic heterocycles. The lowest BCUT2D eigenvalue weighted by Gasteiger charge is -2.08. The van der Waals surface area contributed by atoms with Crippen LogP contribution in [0.25, 0.3) is 0 Å². The molecule has 0 spiro atoms. The summed E-state index contributed by atoms with van der Waals surface area (Å²) >= 11 is 0. The molecule has 0 unspecified atom stereocenters. The second kappa shape index (κ2) is 4.29. The van der Waals surface area contributed by atoms with E-state index in [0.717, 1.165) is 0 Å². The molecule has 2 aromatic carbocycles. The minimum absolute atomic E-state index is 0.266. The predicted molar refractivity (Wildman–Crippen MR) is 74.0 cm³/mol. The van der Waals surface area contributed by atoms with E-state index in [1.54, 1.807) is 24.3 Å². The number of hydrogen-bond donors (Lipinski definition) is 4. The van der Waals surface area contributed by atoms with E-state index < -0.39 is 0 Å². The zero-order valence-corrected chi connectivity index (χ0v) is 9.68. The number of ketones is 1. The van der Waals surface area contributed by atoms with Gasteiger partial charge in [0.1, 0.15) is 0 Å². The zero-order valence-electron chi connectivity index (χ0n) is 9.68. The van der Waals surface area contributed by atoms with Gasteiger partial charge in [-0.2, -0.15) is 0 Å². The van der Waals surface area contributed by atoms with Crippen LogP contribution in [-0.2, 0) is 0 Å². The number of carbonyl (C=O) groups excluding carboxylic acids is 1. The highest BCUT2D eigenvalue weighted by Gasteiger charge is 2.15. The van der Waals surface area contributed by atoms with Crippen molar-refractivity contribution in [2.75, 3.05) is 22.9 Å². The van der Waals surface area contributed by atoms with Gasteiger partial charge in [-0.1, -0.05) is 0 Å². The van der Waals surface area contributed by atoms with E-state index in [2.05, 4.69) is 0 Å². The molecule has 92 valence electrons. The molecule has 5 heteroatoms. The Hall–Kier alpha value is -2.69. The highest BCUT2D eigenvalue weighted by Crippen LogP contribution is 2.23. The number of anilines is 4. The van der Waals surface area contributed by atoms with Gasteiger partial charge in [0.25, 0.3) is 0 Å². The van der Waals surface area contributed by atoms with Crippen LogP contribution in [0, 0.1) is 0 Å². The minimum atomic E-state index is -0.266. The summed E-state index contributed by atoms with van der Waals surface area (Å²) in [4.78, 5) is 12.3. The maximum atomic E-state index is 12.3. The van der Waals surface area contributed by atoms with Crippen LogP contribution < -0.4 is 22.9 Å². The van der Waals surface area contributed by atoms with Gasteiger partial charge in [-0.15, -0.1) is 0 Å². The third kappa shape index (κ3) is 2.06. The largest absolute Gasteiger partial charge is 0.399 e. The first-order valence-electron chi connectivity index (χ1n) is 5.33. The molecule has 5 nitrogen and oxygen atoms in total. The first-order chi connectivity index (χ1) is 8.49. The summed E-state index contributed by atoms with van der Waals surface area (Å²) < 4.78 is 0. The predicted octanol–water partition coefficient (Wildman–Crippen LogP) is 1.25. The van der Waals surface area contributed by atoms with Gasteiger partial charge in [-0.3, -0.25) is 4.79 Å². The topological polar surface area (TPSA) is 121 Å². The average Bonchev–Trinajstić information content (AvgIpc) is 2.31. The lowest BCUT2D eigenvalue weighted by atomic mass is 9.99. The first kappa shape index (κ1) is 11.8. The van der Waals surface area contributed by atoms with Crippen molar-refractivity contribution in [1.29, 1.82) is 0 Å². The molecule has 0 amide bonds. The highest BCUT2D eigenvalue weighted by atomic mass is 16.1. The third-order valence-corrected chi connectivity index (χ3v) is 2.64. The van der Waals surface area contributed by atoms with Crippen LogP contribution in [0.2, 0.25) is 0 Å². The molecule has 2 rings (SSSR count). The van der Waals surface area contributed by atoms with Crippen molar-refractivity contribution in [3.05, 3.63) is 47.5 Å². The number of carbonyl (C=O) groups is 1. The van der Waals surface area contributed by atoms with Crippen molar-refractivity contribution < 1.29 is 4.79 Å². The lowest BCUT2D eigenvalue weighted by molar-refractivity contribution is 0.104. The van der Waals surface area contributed by atoms with Gasteiger partial charge in [-0.25, -0.2) is 0 Å². The maximum Gasteiger partial charge on any atom is 0.197 e. The molecule has 0 aliphatic rings. The summed E-state index contributed by atoms with van der Waals surface area (Å²) in [6.07, 6.45) is 0. The fourth-order valence-corrected chi connectivity index (χ4v) is 1.70. The number of nitrogen functional groups attached to an aromatic ring is 4. The summed E-state index contributed by atoms with van der Waals surface area (Å²) in [6.45, 7) is 0. The second-order valence-corrected chi connectivity index (χ2v) is 4.02. The molecular weight excluding hydrogens is 228 g/mol. The highest BCUT2D eigenvalue weighted by molar-refractivity contribution is 6.15. The lowest BCUT2D eigenvalue weighted by Crippen LogP contribution is -2.09. The number of benzene rings is 2. The quantitative estimate of drug-likeness (QED) is 0.466. The van der Waals surface area contributed by atoms with Crippen LogP contribution in [0.4, 0.5) is 22.7 Å². The molecule has 0 aliphatic heterocycles. The molecule has 0 atom stereocenters. The molecule has 0 saturated heterocycles. The summed E-state index contributed by atoms with van der Waals surface area (Å²) in [5.41, 5.74) is 25.1. The van der Waals surface area contributed by atoms with Gasteiger partial charge in [0.2, 0.25) is 0 Å². The van der Waals surface area contributed by atoms with Crippen molar-refractivity contribution in [3.63, 3.8) is 0 Å². The van der Waals surface area contributed by atoms with Gasteiger partial charge in [0.05, 0.1) is 0 Å². The zero-order chi connectivity index (χ0) is 13.3. The Morgan fingerprint density at radius 3 is 2.00 bits per heavy atom. The first-order valence-corrected chi connectivity index (χ1v) is 5.33. The van der Waals surface area contributed by atoms with Gasteiger partial charge in [0, 0.05) is 33.9 Å². The van der Waals surface area contributed by atoms with Crippen LogP contribution in [0.5, 0.6) is 0 Å². The van der Waals surface area contributed by atoms with Gasteiger partial charge in [-0.05, 0) is 36.4 Å². The normalized spacial score (nSPS) is 10.2. The Balaban J connectivity index is 2.51. The van der Waals surface area contributed by atoms with Crippen LogP contribution >= 0.6 is 0 Å². The number of rotatable bonds is 2. The van der Waals surface area contributed by atoms with Crippen molar-refractivity contribution in [2.45, 2.75) is 0 Å². The summed E-state index contributed by atoms with van der Waals surface area (Å²) in [7, 11) is 0. The molecule has 2 aromatic rings. The molecule has 18 heavy (non-hydrogen) atoms. The van der Waals surface area contributed by atoms with Crippen molar-refractivity contribution in [1.82, 2.24) is 0 Å².